The molecule has 2 saturated heterocycles. The Kier molecular flexibility index (Phi) is 8.71. The summed E-state index contributed by atoms with van der Waals surface area (Å²) in [6, 6.07) is 1.63. The SMILES string of the molecule is COC(=O)N1CCC[C@H](C(=O)Nc2cc(-c3nc(NC[C@@H]4CCOC(C)(C)C4)cnc3Cl)c(Cl)cn2)C1. The molecular weight excluding hydrogens is 519 g/mol. The van der Waals surface area contributed by atoms with Crippen LogP contribution in [0.15, 0.2) is 18.5 Å². The molecule has 2 aromatic heterocycles. The summed E-state index contributed by atoms with van der Waals surface area (Å²) in [5.74, 6) is 0.722. The van der Waals surface area contributed by atoms with Crippen molar-refractivity contribution >= 4 is 46.8 Å². The number of piperidine rings is 1. The van der Waals surface area contributed by atoms with Crippen LogP contribution in [-0.4, -0.2) is 70.8 Å². The summed E-state index contributed by atoms with van der Waals surface area (Å²) in [5, 5.41) is 6.70. The van der Waals surface area contributed by atoms with Crippen LogP contribution in [-0.2, 0) is 14.3 Å². The van der Waals surface area contributed by atoms with E-state index in [2.05, 4.69) is 39.4 Å². The number of hydrogen-bond donors (Lipinski definition) is 2. The van der Waals surface area contributed by atoms with Crippen LogP contribution in [0.25, 0.3) is 11.3 Å². The minimum absolute atomic E-state index is 0.137. The van der Waals surface area contributed by atoms with Gasteiger partial charge in [-0.2, -0.15) is 0 Å². The molecule has 0 aromatic carbocycles. The molecule has 4 rings (SSSR count). The normalized spacial score (nSPS) is 21.3. The van der Waals surface area contributed by atoms with Crippen LogP contribution >= 0.6 is 23.2 Å². The number of halogens is 2. The van der Waals surface area contributed by atoms with Crippen molar-refractivity contribution in [3.8, 4) is 11.3 Å². The molecule has 0 saturated carbocycles. The van der Waals surface area contributed by atoms with Gasteiger partial charge in [0.1, 0.15) is 17.3 Å². The highest BCUT2D eigenvalue weighted by molar-refractivity contribution is 6.35. The first kappa shape index (κ1) is 27.3. The summed E-state index contributed by atoms with van der Waals surface area (Å²) in [6.07, 6.45) is 5.89. The van der Waals surface area contributed by atoms with Crippen molar-refractivity contribution in [2.45, 2.75) is 45.1 Å². The van der Waals surface area contributed by atoms with Gasteiger partial charge in [0.15, 0.2) is 5.15 Å². The van der Waals surface area contributed by atoms with Gasteiger partial charge in [-0.1, -0.05) is 23.2 Å². The number of nitrogens with one attached hydrogen (secondary N) is 2. The predicted molar refractivity (Wildman–Crippen MR) is 142 cm³/mol. The smallest absolute Gasteiger partial charge is 0.409 e. The third-order valence-corrected chi connectivity index (χ3v) is 7.26. The molecule has 37 heavy (non-hydrogen) atoms. The Morgan fingerprint density at radius 2 is 2.03 bits per heavy atom. The van der Waals surface area contributed by atoms with Crippen molar-refractivity contribution in [2.75, 3.05) is 44.0 Å². The van der Waals surface area contributed by atoms with E-state index in [1.807, 2.05) is 0 Å². The first-order chi connectivity index (χ1) is 17.6. The van der Waals surface area contributed by atoms with E-state index in [-0.39, 0.29) is 29.1 Å². The van der Waals surface area contributed by atoms with Crippen LogP contribution in [0, 0.1) is 11.8 Å². The van der Waals surface area contributed by atoms with E-state index in [1.165, 1.54) is 18.2 Å². The van der Waals surface area contributed by atoms with Crippen molar-refractivity contribution in [3.05, 3.63) is 28.6 Å². The van der Waals surface area contributed by atoms with Crippen LogP contribution in [0.1, 0.15) is 39.5 Å². The molecule has 12 heteroatoms. The minimum Gasteiger partial charge on any atom is -0.453 e. The molecule has 0 unspecified atom stereocenters. The number of methoxy groups -OCH3 is 1. The summed E-state index contributed by atoms with van der Waals surface area (Å²) in [7, 11) is 1.33. The van der Waals surface area contributed by atoms with Gasteiger partial charge in [-0.25, -0.2) is 19.7 Å². The Hall–Kier alpha value is -2.69. The van der Waals surface area contributed by atoms with E-state index in [1.54, 1.807) is 12.3 Å². The number of aromatic nitrogens is 3. The quantitative estimate of drug-likeness (QED) is 0.522. The number of pyridine rings is 1. The molecule has 0 aliphatic carbocycles. The lowest BCUT2D eigenvalue weighted by atomic mass is 9.88. The Labute approximate surface area is 226 Å². The minimum atomic E-state index is -0.438. The maximum atomic E-state index is 12.9. The summed E-state index contributed by atoms with van der Waals surface area (Å²) in [5.41, 5.74) is 0.749. The van der Waals surface area contributed by atoms with E-state index in [4.69, 9.17) is 32.7 Å². The second kappa shape index (κ2) is 11.8. The largest absolute Gasteiger partial charge is 0.453 e. The van der Waals surface area contributed by atoms with Gasteiger partial charge in [0, 0.05) is 38.0 Å². The lowest BCUT2D eigenvalue weighted by Crippen LogP contribution is -2.43. The van der Waals surface area contributed by atoms with E-state index < -0.39 is 6.09 Å². The average molecular weight is 551 g/mol. The van der Waals surface area contributed by atoms with E-state index in [0.29, 0.717) is 53.2 Å². The zero-order valence-corrected chi connectivity index (χ0v) is 22.7. The predicted octanol–water partition coefficient (Wildman–Crippen LogP) is 4.88. The highest BCUT2D eigenvalue weighted by atomic mass is 35.5. The van der Waals surface area contributed by atoms with Crippen molar-refractivity contribution in [2.24, 2.45) is 11.8 Å². The molecule has 200 valence electrons. The van der Waals surface area contributed by atoms with Gasteiger partial charge >= 0.3 is 6.09 Å². The fraction of sp³-hybridized carbons (Fsp3) is 0.560. The van der Waals surface area contributed by atoms with Crippen LogP contribution in [0.5, 0.6) is 0 Å². The zero-order chi connectivity index (χ0) is 26.6. The van der Waals surface area contributed by atoms with Crippen LogP contribution in [0.3, 0.4) is 0 Å². The third-order valence-electron chi connectivity index (χ3n) is 6.69. The van der Waals surface area contributed by atoms with Crippen molar-refractivity contribution < 1.29 is 19.1 Å². The summed E-state index contributed by atoms with van der Waals surface area (Å²) in [4.78, 5) is 39.5. The highest BCUT2D eigenvalue weighted by Gasteiger charge is 2.30. The maximum absolute atomic E-state index is 12.9. The van der Waals surface area contributed by atoms with Crippen molar-refractivity contribution in [3.63, 3.8) is 0 Å². The maximum Gasteiger partial charge on any atom is 0.409 e. The zero-order valence-electron chi connectivity index (χ0n) is 21.2. The number of hydrogen-bond acceptors (Lipinski definition) is 8. The second-order valence-electron chi connectivity index (χ2n) is 10.0. The number of carbonyl (C=O) groups is 2. The lowest BCUT2D eigenvalue weighted by Gasteiger charge is -2.35. The Bertz CT molecular complexity index is 1150. The van der Waals surface area contributed by atoms with Gasteiger partial charge in [0.05, 0.1) is 29.8 Å². The van der Waals surface area contributed by atoms with Crippen LogP contribution in [0.4, 0.5) is 16.4 Å². The number of likely N-dealkylation sites (tertiary alicyclic amines) is 1. The second-order valence-corrected chi connectivity index (χ2v) is 10.8. The molecule has 2 aliphatic heterocycles. The van der Waals surface area contributed by atoms with Crippen LogP contribution < -0.4 is 10.6 Å². The summed E-state index contributed by atoms with van der Waals surface area (Å²) >= 11 is 12.8. The van der Waals surface area contributed by atoms with Gasteiger partial charge in [0.2, 0.25) is 5.91 Å². The number of ether oxygens (including phenoxy) is 2. The molecule has 0 spiro atoms. The molecule has 2 N–H and O–H groups in total. The van der Waals surface area contributed by atoms with Gasteiger partial charge in [0.25, 0.3) is 0 Å². The molecule has 0 radical (unpaired) electrons. The molecule has 4 heterocycles. The molecule has 2 atom stereocenters. The fourth-order valence-electron chi connectivity index (χ4n) is 4.82. The number of rotatable bonds is 6. The molecular formula is C25H32Cl2N6O4. The monoisotopic (exact) mass is 550 g/mol. The summed E-state index contributed by atoms with van der Waals surface area (Å²) in [6.45, 7) is 6.52. The van der Waals surface area contributed by atoms with Crippen molar-refractivity contribution in [1.29, 1.82) is 0 Å². The molecule has 0 bridgehead atoms. The highest BCUT2D eigenvalue weighted by Crippen LogP contribution is 2.33. The summed E-state index contributed by atoms with van der Waals surface area (Å²) < 4.78 is 10.6. The van der Waals surface area contributed by atoms with Gasteiger partial charge in [-0.15, -0.1) is 0 Å². The number of anilines is 2. The number of carbonyl (C=O) groups excluding carboxylic acids is 2. The average Bonchev–Trinajstić information content (AvgIpc) is 2.88. The van der Waals surface area contributed by atoms with E-state index in [0.717, 1.165) is 26.0 Å². The number of amides is 2. The lowest BCUT2D eigenvalue weighted by molar-refractivity contribution is -0.121. The van der Waals surface area contributed by atoms with Gasteiger partial charge < -0.3 is 25.0 Å². The molecule has 2 aliphatic rings. The third kappa shape index (κ3) is 7.00. The van der Waals surface area contributed by atoms with Gasteiger partial charge in [-0.05, 0) is 51.5 Å². The first-order valence-corrected chi connectivity index (χ1v) is 13.1. The van der Waals surface area contributed by atoms with Gasteiger partial charge in [-0.3, -0.25) is 4.79 Å². The molecule has 10 nitrogen and oxygen atoms in total. The Morgan fingerprint density at radius 3 is 2.78 bits per heavy atom. The molecule has 2 fully saturated rings. The standard InChI is InChI=1S/C25H32Cl2N6O4/c1-25(2)10-15(6-8-37-25)11-28-20-13-30-22(27)21(31-20)17-9-19(29-12-18(17)26)32-23(34)16-5-4-7-33(14-16)24(35)36-3/h9,12-13,15-16H,4-8,10-11,14H2,1-3H3,(H,28,31)(H,29,32,34)/t15-,16+/m1/s1. The van der Waals surface area contributed by atoms with Crippen LogP contribution in [0.2, 0.25) is 10.2 Å². The fourth-order valence-corrected chi connectivity index (χ4v) is 5.20. The number of nitrogens with zero attached hydrogens (tertiary/aromatic N) is 4. The van der Waals surface area contributed by atoms with Crippen molar-refractivity contribution in [1.82, 2.24) is 19.9 Å². The van der Waals surface area contributed by atoms with E-state index in [9.17, 15) is 9.59 Å². The molecule has 2 amide bonds. The molecule has 2 aromatic rings. The topological polar surface area (TPSA) is 119 Å². The Morgan fingerprint density at radius 1 is 1.22 bits per heavy atom. The van der Waals surface area contributed by atoms with E-state index >= 15 is 0 Å². The Balaban J connectivity index is 1.46. The first-order valence-electron chi connectivity index (χ1n) is 12.3.